The molecule has 5 nitrogen and oxygen atoms in total. The lowest BCUT2D eigenvalue weighted by molar-refractivity contribution is -0.145. The summed E-state index contributed by atoms with van der Waals surface area (Å²) < 4.78 is 4.94. The van der Waals surface area contributed by atoms with Gasteiger partial charge in [0.25, 0.3) is 0 Å². The van der Waals surface area contributed by atoms with Gasteiger partial charge in [0.05, 0.1) is 6.61 Å². The summed E-state index contributed by atoms with van der Waals surface area (Å²) in [7, 11) is 3.36. The maximum absolute atomic E-state index is 11.2. The fraction of sp³-hybridized carbons (Fsp3) is 0.818. The molecule has 16 heavy (non-hydrogen) atoms. The second kappa shape index (κ2) is 8.10. The van der Waals surface area contributed by atoms with Gasteiger partial charge in [0.15, 0.2) is 0 Å². The summed E-state index contributed by atoms with van der Waals surface area (Å²) in [4.78, 5) is 23.6. The molecule has 1 N–H and O–H groups in total. The molecule has 0 radical (unpaired) electrons. The first kappa shape index (κ1) is 14.9. The van der Waals surface area contributed by atoms with Crippen LogP contribution in [0.3, 0.4) is 0 Å². The summed E-state index contributed by atoms with van der Waals surface area (Å²) in [5.41, 5.74) is 0. The Kier molecular flexibility index (Phi) is 7.54. The van der Waals surface area contributed by atoms with Crippen LogP contribution in [0.1, 0.15) is 32.6 Å². The number of nitrogens with zero attached hydrogens (tertiary/aromatic N) is 1. The fourth-order valence-corrected chi connectivity index (χ4v) is 1.26. The number of carboxylic acid groups (broad SMARTS) is 1. The van der Waals surface area contributed by atoms with Crippen molar-refractivity contribution in [2.24, 2.45) is 0 Å². The van der Waals surface area contributed by atoms with Gasteiger partial charge in [-0.2, -0.15) is 0 Å². The number of hydrogen-bond donors (Lipinski definition) is 1. The van der Waals surface area contributed by atoms with Gasteiger partial charge >= 0.3 is 11.9 Å². The van der Waals surface area contributed by atoms with E-state index in [1.165, 1.54) is 0 Å². The van der Waals surface area contributed by atoms with Crippen molar-refractivity contribution in [3.63, 3.8) is 0 Å². The second-order valence-corrected chi connectivity index (χ2v) is 3.93. The molecular formula is C11H21NO4. The quantitative estimate of drug-likeness (QED) is 0.501. The molecule has 1 atom stereocenters. The Morgan fingerprint density at radius 1 is 1.38 bits per heavy atom. The van der Waals surface area contributed by atoms with E-state index in [1.807, 2.05) is 6.92 Å². The predicted molar refractivity (Wildman–Crippen MR) is 60.2 cm³/mol. The van der Waals surface area contributed by atoms with Gasteiger partial charge in [-0.25, -0.2) is 0 Å². The van der Waals surface area contributed by atoms with E-state index in [4.69, 9.17) is 9.84 Å². The lowest BCUT2D eigenvalue weighted by Crippen LogP contribution is -2.36. The monoisotopic (exact) mass is 231 g/mol. The van der Waals surface area contributed by atoms with Crippen molar-refractivity contribution >= 4 is 11.9 Å². The molecule has 0 aromatic carbocycles. The minimum absolute atomic E-state index is 0.152. The Hall–Kier alpha value is -1.10. The largest absolute Gasteiger partial charge is 0.480 e. The van der Waals surface area contributed by atoms with E-state index in [9.17, 15) is 9.59 Å². The predicted octanol–water partition coefficient (Wildman–Crippen LogP) is 1.12. The van der Waals surface area contributed by atoms with Crippen molar-refractivity contribution in [2.45, 2.75) is 38.6 Å². The Balaban J connectivity index is 3.83. The second-order valence-electron chi connectivity index (χ2n) is 3.93. The van der Waals surface area contributed by atoms with Crippen molar-refractivity contribution in [1.82, 2.24) is 4.90 Å². The number of carboxylic acids is 1. The molecule has 0 fully saturated rings. The highest BCUT2D eigenvalue weighted by molar-refractivity contribution is 5.75. The minimum atomic E-state index is -0.911. The van der Waals surface area contributed by atoms with E-state index in [2.05, 4.69) is 0 Å². The van der Waals surface area contributed by atoms with Gasteiger partial charge in [-0.1, -0.05) is 13.3 Å². The Bertz CT molecular complexity index is 228. The molecule has 0 bridgehead atoms. The fourth-order valence-electron chi connectivity index (χ4n) is 1.26. The van der Waals surface area contributed by atoms with E-state index in [-0.39, 0.29) is 18.8 Å². The summed E-state index contributed by atoms with van der Waals surface area (Å²) in [6.45, 7) is 2.44. The molecular weight excluding hydrogens is 210 g/mol. The molecule has 5 heteroatoms. The zero-order valence-corrected chi connectivity index (χ0v) is 10.2. The number of ether oxygens (including phenoxy) is 1. The van der Waals surface area contributed by atoms with Gasteiger partial charge in [0.2, 0.25) is 0 Å². The van der Waals surface area contributed by atoms with Crippen LogP contribution in [0.5, 0.6) is 0 Å². The Morgan fingerprint density at radius 2 is 2.00 bits per heavy atom. The van der Waals surface area contributed by atoms with E-state index >= 15 is 0 Å². The number of aliphatic carboxylic acids is 1. The van der Waals surface area contributed by atoms with Crippen LogP contribution in [0.15, 0.2) is 0 Å². The molecule has 0 heterocycles. The van der Waals surface area contributed by atoms with Crippen LogP contribution in [0.25, 0.3) is 0 Å². The molecule has 0 amide bonds. The third-order valence-corrected chi connectivity index (χ3v) is 2.29. The van der Waals surface area contributed by atoms with E-state index in [1.54, 1.807) is 19.0 Å². The smallest absolute Gasteiger partial charge is 0.320 e. The molecule has 0 aliphatic rings. The number of unbranched alkanes of at least 4 members (excludes halogenated alkanes) is 1. The van der Waals surface area contributed by atoms with Gasteiger partial charge in [0.1, 0.15) is 6.04 Å². The molecule has 0 aromatic heterocycles. The van der Waals surface area contributed by atoms with Gasteiger partial charge in [-0.05, 0) is 26.9 Å². The average molecular weight is 231 g/mol. The molecule has 0 aliphatic heterocycles. The number of hydrogen-bond acceptors (Lipinski definition) is 4. The Labute approximate surface area is 96.4 Å². The summed E-state index contributed by atoms with van der Waals surface area (Å²) in [5.74, 6) is -1.23. The number of likely N-dealkylation sites (N-methyl/N-ethyl adjacent to an activating group) is 1. The van der Waals surface area contributed by atoms with Crippen LogP contribution >= 0.6 is 0 Å². The average Bonchev–Trinajstić information content (AvgIpc) is 2.17. The van der Waals surface area contributed by atoms with Crippen LogP contribution < -0.4 is 0 Å². The standard InChI is InChI=1S/C11H21NO4/c1-4-5-8-16-10(13)7-6-9(11(14)15)12(2)3/h9H,4-8H2,1-3H3,(H,14,15)/t9-/m0/s1. The number of rotatable bonds is 8. The van der Waals surface area contributed by atoms with Gasteiger partial charge in [-0.15, -0.1) is 0 Å². The SMILES string of the molecule is CCCCOC(=O)CC[C@@H](C(=O)O)N(C)C. The van der Waals surface area contributed by atoms with E-state index < -0.39 is 12.0 Å². The van der Waals surface area contributed by atoms with Crippen molar-refractivity contribution in [2.75, 3.05) is 20.7 Å². The van der Waals surface area contributed by atoms with E-state index in [0.29, 0.717) is 6.61 Å². The van der Waals surface area contributed by atoms with Crippen LogP contribution in [-0.2, 0) is 14.3 Å². The minimum Gasteiger partial charge on any atom is -0.480 e. The first-order valence-electron chi connectivity index (χ1n) is 5.53. The van der Waals surface area contributed by atoms with Crippen molar-refractivity contribution < 1.29 is 19.4 Å². The topological polar surface area (TPSA) is 66.8 Å². The zero-order chi connectivity index (χ0) is 12.6. The van der Waals surface area contributed by atoms with Crippen molar-refractivity contribution in [3.05, 3.63) is 0 Å². The third kappa shape index (κ3) is 6.40. The maximum atomic E-state index is 11.2. The molecule has 0 aliphatic carbocycles. The van der Waals surface area contributed by atoms with Gasteiger partial charge in [0, 0.05) is 6.42 Å². The highest BCUT2D eigenvalue weighted by Crippen LogP contribution is 2.05. The van der Waals surface area contributed by atoms with Crippen molar-refractivity contribution in [3.8, 4) is 0 Å². The highest BCUT2D eigenvalue weighted by Gasteiger charge is 2.20. The van der Waals surface area contributed by atoms with Gasteiger partial charge in [-0.3, -0.25) is 14.5 Å². The highest BCUT2D eigenvalue weighted by atomic mass is 16.5. The maximum Gasteiger partial charge on any atom is 0.320 e. The Morgan fingerprint density at radius 3 is 2.44 bits per heavy atom. The summed E-state index contributed by atoms with van der Waals surface area (Å²) in [5, 5.41) is 8.88. The molecule has 0 spiro atoms. The molecule has 0 aromatic rings. The number of esters is 1. The third-order valence-electron chi connectivity index (χ3n) is 2.29. The molecule has 0 rings (SSSR count). The van der Waals surface area contributed by atoms with Crippen molar-refractivity contribution in [1.29, 1.82) is 0 Å². The van der Waals surface area contributed by atoms with Crippen LogP contribution in [0, 0.1) is 0 Å². The molecule has 0 unspecified atom stereocenters. The number of carbonyl (C=O) groups is 2. The lowest BCUT2D eigenvalue weighted by atomic mass is 10.1. The first-order valence-corrected chi connectivity index (χ1v) is 5.53. The normalized spacial score (nSPS) is 12.5. The number of carbonyl (C=O) groups excluding carboxylic acids is 1. The molecule has 0 saturated carbocycles. The van der Waals surface area contributed by atoms with E-state index in [0.717, 1.165) is 12.8 Å². The summed E-state index contributed by atoms with van der Waals surface area (Å²) >= 11 is 0. The molecule has 94 valence electrons. The van der Waals surface area contributed by atoms with Crippen LogP contribution in [0.4, 0.5) is 0 Å². The van der Waals surface area contributed by atoms with Crippen LogP contribution in [-0.4, -0.2) is 48.7 Å². The van der Waals surface area contributed by atoms with Gasteiger partial charge < -0.3 is 9.84 Å². The molecule has 0 saturated heterocycles. The summed E-state index contributed by atoms with van der Waals surface area (Å²) in [6.07, 6.45) is 2.26. The lowest BCUT2D eigenvalue weighted by Gasteiger charge is -2.19. The first-order chi connectivity index (χ1) is 7.49. The zero-order valence-electron chi connectivity index (χ0n) is 10.2. The van der Waals surface area contributed by atoms with Crippen LogP contribution in [0.2, 0.25) is 0 Å². The summed E-state index contributed by atoms with van der Waals surface area (Å²) in [6, 6.07) is -0.626.